The van der Waals surface area contributed by atoms with Crippen molar-refractivity contribution in [3.8, 4) is 0 Å². The third kappa shape index (κ3) is 6.28. The van der Waals surface area contributed by atoms with E-state index >= 15 is 0 Å². The van der Waals surface area contributed by atoms with Gasteiger partial charge in [0, 0.05) is 13.1 Å². The van der Waals surface area contributed by atoms with E-state index in [0.29, 0.717) is 6.42 Å². The molecule has 0 spiro atoms. The minimum absolute atomic E-state index is 0. The Morgan fingerprint density at radius 1 is 1.28 bits per heavy atom. The highest BCUT2D eigenvalue weighted by atomic mass is 35.5. The number of carbonyl (C=O) groups excluding carboxylic acids is 2. The fraction of sp³-hybridized carbons (Fsp3) is 0.750. The molecule has 1 aromatic rings. The van der Waals surface area contributed by atoms with E-state index in [1.807, 2.05) is 11.8 Å². The first-order chi connectivity index (χ1) is 11.4. The van der Waals surface area contributed by atoms with Crippen LogP contribution >= 0.6 is 12.4 Å². The Balaban J connectivity index is 0.00000312. The lowest BCUT2D eigenvalue weighted by Crippen LogP contribution is -2.48. The van der Waals surface area contributed by atoms with E-state index in [4.69, 9.17) is 5.73 Å². The Bertz CT molecular complexity index is 567. The molecule has 1 aromatic heterocycles. The minimum atomic E-state index is -0.956. The average Bonchev–Trinajstić information content (AvgIpc) is 2.79. The van der Waals surface area contributed by atoms with Crippen LogP contribution in [-0.4, -0.2) is 50.1 Å². The zero-order valence-electron chi connectivity index (χ0n) is 15.0. The molecule has 1 unspecified atom stereocenters. The summed E-state index contributed by atoms with van der Waals surface area (Å²) in [5, 5.41) is 6.77. The van der Waals surface area contributed by atoms with Gasteiger partial charge in [0.15, 0.2) is 0 Å². The molecular weight excluding hydrogens is 344 g/mol. The van der Waals surface area contributed by atoms with E-state index in [0.717, 1.165) is 32.4 Å². The highest BCUT2D eigenvalue weighted by molar-refractivity contribution is 5.96. The normalized spacial score (nSPS) is 17.2. The highest BCUT2D eigenvalue weighted by Gasteiger charge is 2.28. The number of nitrogens with two attached hydrogens (primary N) is 1. The molecule has 1 atom stereocenters. The van der Waals surface area contributed by atoms with Gasteiger partial charge in [-0.1, -0.05) is 26.2 Å². The van der Waals surface area contributed by atoms with Gasteiger partial charge in [0.2, 0.25) is 17.8 Å². The predicted octanol–water partition coefficient (Wildman–Crippen LogP) is 1.56. The van der Waals surface area contributed by atoms with Gasteiger partial charge in [-0.2, -0.15) is 0 Å². The van der Waals surface area contributed by atoms with E-state index in [9.17, 15) is 9.59 Å². The van der Waals surface area contributed by atoms with Crippen molar-refractivity contribution in [2.75, 3.05) is 18.4 Å². The van der Waals surface area contributed by atoms with Crippen molar-refractivity contribution in [3.05, 3.63) is 6.33 Å². The zero-order valence-corrected chi connectivity index (χ0v) is 15.8. The van der Waals surface area contributed by atoms with Gasteiger partial charge in [-0.25, -0.2) is 9.67 Å². The van der Waals surface area contributed by atoms with Crippen molar-refractivity contribution < 1.29 is 9.59 Å². The van der Waals surface area contributed by atoms with Crippen LogP contribution in [0.5, 0.6) is 0 Å². The van der Waals surface area contributed by atoms with Crippen LogP contribution in [0.3, 0.4) is 0 Å². The van der Waals surface area contributed by atoms with Crippen LogP contribution in [0, 0.1) is 0 Å². The van der Waals surface area contributed by atoms with Gasteiger partial charge in [-0.05, 0) is 26.2 Å². The number of rotatable bonds is 6. The van der Waals surface area contributed by atoms with Crippen LogP contribution in [0.15, 0.2) is 6.33 Å². The van der Waals surface area contributed by atoms with E-state index in [-0.39, 0.29) is 36.7 Å². The van der Waals surface area contributed by atoms with Crippen molar-refractivity contribution in [2.45, 2.75) is 64.5 Å². The number of likely N-dealkylation sites (tertiary alicyclic amines) is 1. The Labute approximate surface area is 154 Å². The molecule has 0 radical (unpaired) electrons. The van der Waals surface area contributed by atoms with Crippen LogP contribution in [0.4, 0.5) is 5.95 Å². The summed E-state index contributed by atoms with van der Waals surface area (Å²) >= 11 is 0. The molecule has 2 amide bonds. The molecule has 1 aliphatic rings. The molecular formula is C16H29ClN6O2. The molecule has 25 heavy (non-hydrogen) atoms. The van der Waals surface area contributed by atoms with Crippen molar-refractivity contribution in [3.63, 3.8) is 0 Å². The van der Waals surface area contributed by atoms with Crippen molar-refractivity contribution in [2.24, 2.45) is 5.73 Å². The molecule has 0 aromatic carbocycles. The topological polar surface area (TPSA) is 106 Å². The van der Waals surface area contributed by atoms with Gasteiger partial charge in [0.05, 0.1) is 5.54 Å². The molecule has 2 heterocycles. The average molecular weight is 373 g/mol. The summed E-state index contributed by atoms with van der Waals surface area (Å²) in [6.45, 7) is 5.41. The van der Waals surface area contributed by atoms with E-state index in [1.54, 1.807) is 6.92 Å². The fourth-order valence-corrected chi connectivity index (χ4v) is 2.86. The molecule has 142 valence electrons. The van der Waals surface area contributed by atoms with Crippen LogP contribution in [0.1, 0.15) is 52.4 Å². The maximum atomic E-state index is 12.3. The summed E-state index contributed by atoms with van der Waals surface area (Å²) in [5.74, 6) is -0.105. The first kappa shape index (κ1) is 21.4. The second-order valence-corrected chi connectivity index (χ2v) is 6.68. The smallest absolute Gasteiger partial charge is 0.248 e. The van der Waals surface area contributed by atoms with Crippen molar-refractivity contribution >= 4 is 30.2 Å². The lowest BCUT2D eigenvalue weighted by atomic mass is 9.97. The quantitative estimate of drug-likeness (QED) is 0.788. The first-order valence-electron chi connectivity index (χ1n) is 8.70. The molecule has 1 aliphatic heterocycles. The number of anilines is 1. The largest absolute Gasteiger partial charge is 0.341 e. The van der Waals surface area contributed by atoms with Gasteiger partial charge >= 0.3 is 0 Å². The van der Waals surface area contributed by atoms with Crippen LogP contribution in [-0.2, 0) is 16.1 Å². The summed E-state index contributed by atoms with van der Waals surface area (Å²) in [6, 6.07) is 0. The number of hydrogen-bond acceptors (Lipinski definition) is 5. The zero-order chi connectivity index (χ0) is 17.6. The van der Waals surface area contributed by atoms with Gasteiger partial charge in [0.1, 0.15) is 12.9 Å². The Kier molecular flexibility index (Phi) is 8.31. The second-order valence-electron chi connectivity index (χ2n) is 6.68. The molecule has 3 N–H and O–H groups in total. The Morgan fingerprint density at radius 2 is 1.92 bits per heavy atom. The molecule has 2 rings (SSSR count). The number of nitrogens with zero attached hydrogens (tertiary/aromatic N) is 4. The standard InChI is InChI=1S/C16H28N6O2.ClH/c1-3-8-16(2,17)14(24)19-15-18-12-22(20-15)11-13(23)21-9-6-4-5-7-10-21;/h12H,3-11,17H2,1-2H3,(H,19,20,24);1H. The van der Waals surface area contributed by atoms with Gasteiger partial charge in [0.25, 0.3) is 0 Å². The Morgan fingerprint density at radius 3 is 2.52 bits per heavy atom. The number of aromatic nitrogens is 3. The highest BCUT2D eigenvalue weighted by Crippen LogP contribution is 2.12. The summed E-state index contributed by atoms with van der Waals surface area (Å²) in [6.07, 6.45) is 7.31. The number of halogens is 1. The monoisotopic (exact) mass is 372 g/mol. The Hall–Kier alpha value is -1.67. The molecule has 1 saturated heterocycles. The number of nitrogens with one attached hydrogen (secondary N) is 1. The van der Waals surface area contributed by atoms with Crippen molar-refractivity contribution in [1.82, 2.24) is 19.7 Å². The number of amides is 2. The molecule has 8 nitrogen and oxygen atoms in total. The minimum Gasteiger partial charge on any atom is -0.341 e. The van der Waals surface area contributed by atoms with Crippen LogP contribution < -0.4 is 11.1 Å². The second kappa shape index (κ2) is 9.72. The maximum Gasteiger partial charge on any atom is 0.248 e. The molecule has 9 heteroatoms. The number of carbonyl (C=O) groups is 2. The molecule has 0 bridgehead atoms. The summed E-state index contributed by atoms with van der Waals surface area (Å²) in [4.78, 5) is 30.4. The molecule has 0 saturated carbocycles. The lowest BCUT2D eigenvalue weighted by molar-refractivity contribution is -0.132. The van der Waals surface area contributed by atoms with Crippen LogP contribution in [0.25, 0.3) is 0 Å². The van der Waals surface area contributed by atoms with Crippen LogP contribution in [0.2, 0.25) is 0 Å². The molecule has 0 aliphatic carbocycles. The van der Waals surface area contributed by atoms with E-state index in [2.05, 4.69) is 15.4 Å². The van der Waals surface area contributed by atoms with E-state index in [1.165, 1.54) is 23.9 Å². The predicted molar refractivity (Wildman–Crippen MR) is 98.4 cm³/mol. The summed E-state index contributed by atoms with van der Waals surface area (Å²) < 4.78 is 1.45. The third-order valence-electron chi connectivity index (χ3n) is 4.31. The molecule has 1 fully saturated rings. The third-order valence-corrected chi connectivity index (χ3v) is 4.31. The van der Waals surface area contributed by atoms with E-state index < -0.39 is 5.54 Å². The number of hydrogen-bond donors (Lipinski definition) is 2. The van der Waals surface area contributed by atoms with Crippen molar-refractivity contribution in [1.29, 1.82) is 0 Å². The van der Waals surface area contributed by atoms with Gasteiger partial charge in [-0.15, -0.1) is 17.5 Å². The summed E-state index contributed by atoms with van der Waals surface area (Å²) in [7, 11) is 0. The summed E-state index contributed by atoms with van der Waals surface area (Å²) in [5.41, 5.74) is 5.03. The lowest BCUT2D eigenvalue weighted by Gasteiger charge is -2.21. The van der Waals surface area contributed by atoms with Gasteiger partial charge < -0.3 is 10.6 Å². The maximum absolute atomic E-state index is 12.3. The first-order valence-corrected chi connectivity index (χ1v) is 8.70. The fourth-order valence-electron chi connectivity index (χ4n) is 2.86. The van der Waals surface area contributed by atoms with Gasteiger partial charge in [-0.3, -0.25) is 14.9 Å². The SMILES string of the molecule is CCCC(C)(N)C(=O)Nc1ncn(CC(=O)N2CCCCCC2)n1.Cl.